The van der Waals surface area contributed by atoms with Gasteiger partial charge in [0.05, 0.1) is 0 Å². The lowest BCUT2D eigenvalue weighted by Gasteiger charge is -2.28. The van der Waals surface area contributed by atoms with E-state index in [1.165, 1.54) is 4.88 Å². The Bertz CT molecular complexity index is 553. The Balaban J connectivity index is 2.22. The third-order valence-electron chi connectivity index (χ3n) is 3.11. The SMILES string of the molecule is CC(NCc1cccs1)(C(N)=O)c1ccc(Br)cc1. The number of rotatable bonds is 5. The lowest BCUT2D eigenvalue weighted by Crippen LogP contribution is -2.49. The Labute approximate surface area is 125 Å². The van der Waals surface area contributed by atoms with Crippen molar-refractivity contribution in [2.75, 3.05) is 0 Å². The molecule has 0 saturated heterocycles. The Kier molecular flexibility index (Phi) is 4.39. The van der Waals surface area contributed by atoms with E-state index < -0.39 is 5.54 Å². The summed E-state index contributed by atoms with van der Waals surface area (Å²) in [6, 6.07) is 11.6. The summed E-state index contributed by atoms with van der Waals surface area (Å²) in [4.78, 5) is 13.0. The Hall–Kier alpha value is -1.17. The van der Waals surface area contributed by atoms with E-state index in [4.69, 9.17) is 5.73 Å². The first-order valence-corrected chi connectivity index (χ1v) is 7.53. The fourth-order valence-electron chi connectivity index (χ4n) is 1.79. The van der Waals surface area contributed by atoms with Crippen molar-refractivity contribution in [1.82, 2.24) is 5.32 Å². The third-order valence-corrected chi connectivity index (χ3v) is 4.52. The summed E-state index contributed by atoms with van der Waals surface area (Å²) >= 11 is 5.04. The first-order valence-electron chi connectivity index (χ1n) is 5.86. The summed E-state index contributed by atoms with van der Waals surface area (Å²) in [5.74, 6) is -0.383. The second kappa shape index (κ2) is 5.86. The summed E-state index contributed by atoms with van der Waals surface area (Å²) in [5, 5.41) is 5.27. The van der Waals surface area contributed by atoms with Gasteiger partial charge in [-0.2, -0.15) is 0 Å². The Morgan fingerprint density at radius 3 is 2.58 bits per heavy atom. The van der Waals surface area contributed by atoms with Crippen LogP contribution in [0.5, 0.6) is 0 Å². The minimum Gasteiger partial charge on any atom is -0.368 e. The second-order valence-electron chi connectivity index (χ2n) is 4.43. The van der Waals surface area contributed by atoms with E-state index in [1.54, 1.807) is 11.3 Å². The molecule has 1 aromatic carbocycles. The van der Waals surface area contributed by atoms with E-state index in [9.17, 15) is 4.79 Å². The van der Waals surface area contributed by atoms with Crippen LogP contribution in [0.25, 0.3) is 0 Å². The zero-order chi connectivity index (χ0) is 13.9. The molecule has 3 nitrogen and oxygen atoms in total. The number of thiophene rings is 1. The number of amides is 1. The van der Waals surface area contributed by atoms with E-state index in [2.05, 4.69) is 21.2 Å². The first-order chi connectivity index (χ1) is 9.02. The van der Waals surface area contributed by atoms with Gasteiger partial charge in [-0.15, -0.1) is 11.3 Å². The Morgan fingerprint density at radius 2 is 2.05 bits per heavy atom. The lowest BCUT2D eigenvalue weighted by molar-refractivity contribution is -0.124. The molecule has 0 aliphatic rings. The van der Waals surface area contributed by atoms with Gasteiger partial charge in [-0.3, -0.25) is 10.1 Å². The number of carbonyl (C=O) groups excluding carboxylic acids is 1. The number of carbonyl (C=O) groups is 1. The van der Waals surface area contributed by atoms with Gasteiger partial charge >= 0.3 is 0 Å². The molecule has 100 valence electrons. The fourth-order valence-corrected chi connectivity index (χ4v) is 2.70. The van der Waals surface area contributed by atoms with Crippen molar-refractivity contribution >= 4 is 33.2 Å². The van der Waals surface area contributed by atoms with Gasteiger partial charge in [0.25, 0.3) is 0 Å². The zero-order valence-electron chi connectivity index (χ0n) is 10.5. The van der Waals surface area contributed by atoms with Crippen LogP contribution >= 0.6 is 27.3 Å². The number of primary amides is 1. The van der Waals surface area contributed by atoms with Crippen molar-refractivity contribution in [3.63, 3.8) is 0 Å². The average Bonchev–Trinajstić information content (AvgIpc) is 2.89. The molecular formula is C14H15BrN2OS. The number of benzene rings is 1. The molecule has 1 heterocycles. The van der Waals surface area contributed by atoms with Gasteiger partial charge in [-0.1, -0.05) is 34.1 Å². The van der Waals surface area contributed by atoms with Gasteiger partial charge in [0.15, 0.2) is 0 Å². The van der Waals surface area contributed by atoms with Crippen molar-refractivity contribution in [3.8, 4) is 0 Å². The molecule has 2 rings (SSSR count). The van der Waals surface area contributed by atoms with Crippen LogP contribution in [0.1, 0.15) is 17.4 Å². The molecule has 3 N–H and O–H groups in total. The summed E-state index contributed by atoms with van der Waals surface area (Å²) in [6.45, 7) is 2.43. The maximum Gasteiger partial charge on any atom is 0.242 e. The minimum atomic E-state index is -0.870. The van der Waals surface area contributed by atoms with E-state index in [0.717, 1.165) is 10.0 Å². The molecule has 19 heavy (non-hydrogen) atoms. The topological polar surface area (TPSA) is 55.1 Å². The fraction of sp³-hybridized carbons (Fsp3) is 0.214. The van der Waals surface area contributed by atoms with Crippen LogP contribution in [0.4, 0.5) is 0 Å². The average molecular weight is 339 g/mol. The first kappa shape index (κ1) is 14.2. The molecule has 2 aromatic rings. The summed E-state index contributed by atoms with van der Waals surface area (Å²) < 4.78 is 0.973. The molecule has 0 radical (unpaired) electrons. The number of nitrogens with one attached hydrogen (secondary N) is 1. The van der Waals surface area contributed by atoms with Crippen LogP contribution in [-0.4, -0.2) is 5.91 Å². The largest absolute Gasteiger partial charge is 0.368 e. The molecular weight excluding hydrogens is 324 g/mol. The maximum atomic E-state index is 11.8. The van der Waals surface area contributed by atoms with Gasteiger partial charge in [0, 0.05) is 15.9 Å². The predicted octanol–water partition coefficient (Wildman–Crippen LogP) is 3.00. The van der Waals surface area contributed by atoms with E-state index >= 15 is 0 Å². The molecule has 1 amide bonds. The highest BCUT2D eigenvalue weighted by Crippen LogP contribution is 2.23. The van der Waals surface area contributed by atoms with Crippen LogP contribution < -0.4 is 11.1 Å². The molecule has 1 atom stereocenters. The molecule has 0 aliphatic heterocycles. The molecule has 0 spiro atoms. The van der Waals surface area contributed by atoms with Crippen LogP contribution in [0, 0.1) is 0 Å². The highest BCUT2D eigenvalue weighted by atomic mass is 79.9. The van der Waals surface area contributed by atoms with Crippen LogP contribution in [-0.2, 0) is 16.9 Å². The number of nitrogens with two attached hydrogens (primary N) is 1. The van der Waals surface area contributed by atoms with Crippen LogP contribution in [0.2, 0.25) is 0 Å². The lowest BCUT2D eigenvalue weighted by atomic mass is 9.91. The highest BCUT2D eigenvalue weighted by molar-refractivity contribution is 9.10. The van der Waals surface area contributed by atoms with Gasteiger partial charge in [0.1, 0.15) is 5.54 Å². The van der Waals surface area contributed by atoms with Crippen molar-refractivity contribution in [2.45, 2.75) is 19.0 Å². The van der Waals surface area contributed by atoms with Crippen LogP contribution in [0.15, 0.2) is 46.3 Å². The van der Waals surface area contributed by atoms with Gasteiger partial charge < -0.3 is 5.73 Å². The summed E-state index contributed by atoms with van der Waals surface area (Å²) in [6.07, 6.45) is 0. The van der Waals surface area contributed by atoms with Crippen molar-refractivity contribution in [1.29, 1.82) is 0 Å². The predicted molar refractivity (Wildman–Crippen MR) is 81.8 cm³/mol. The standard InChI is InChI=1S/C14H15BrN2OS/c1-14(13(16)18,10-4-6-11(15)7-5-10)17-9-12-3-2-8-19-12/h2-8,17H,9H2,1H3,(H2,16,18). The van der Waals surface area contributed by atoms with Crippen molar-refractivity contribution < 1.29 is 4.79 Å². The summed E-state index contributed by atoms with van der Waals surface area (Å²) in [5.41, 5.74) is 5.56. The molecule has 5 heteroatoms. The smallest absolute Gasteiger partial charge is 0.242 e. The van der Waals surface area contributed by atoms with E-state index in [0.29, 0.717) is 6.54 Å². The van der Waals surface area contributed by atoms with E-state index in [1.807, 2.05) is 48.7 Å². The monoisotopic (exact) mass is 338 g/mol. The third kappa shape index (κ3) is 3.23. The second-order valence-corrected chi connectivity index (χ2v) is 6.38. The van der Waals surface area contributed by atoms with Crippen LogP contribution in [0.3, 0.4) is 0 Å². The maximum absolute atomic E-state index is 11.8. The number of halogens is 1. The normalized spacial score (nSPS) is 14.0. The molecule has 1 unspecified atom stereocenters. The number of hydrogen-bond acceptors (Lipinski definition) is 3. The Morgan fingerprint density at radius 1 is 1.37 bits per heavy atom. The van der Waals surface area contributed by atoms with Crippen molar-refractivity contribution in [2.24, 2.45) is 5.73 Å². The highest BCUT2D eigenvalue weighted by Gasteiger charge is 2.32. The molecule has 1 aromatic heterocycles. The van der Waals surface area contributed by atoms with Gasteiger partial charge in [-0.05, 0) is 36.1 Å². The zero-order valence-corrected chi connectivity index (χ0v) is 12.9. The number of hydrogen-bond donors (Lipinski definition) is 2. The molecule has 0 saturated carbocycles. The molecule has 0 bridgehead atoms. The minimum absolute atomic E-state index is 0.383. The van der Waals surface area contributed by atoms with Crippen molar-refractivity contribution in [3.05, 3.63) is 56.7 Å². The van der Waals surface area contributed by atoms with E-state index in [-0.39, 0.29) is 5.91 Å². The summed E-state index contributed by atoms with van der Waals surface area (Å²) in [7, 11) is 0. The van der Waals surface area contributed by atoms with Gasteiger partial charge in [0.2, 0.25) is 5.91 Å². The molecule has 0 aliphatic carbocycles. The quantitative estimate of drug-likeness (QED) is 0.880. The van der Waals surface area contributed by atoms with Gasteiger partial charge in [-0.25, -0.2) is 0 Å². The molecule has 0 fully saturated rings.